The molecule has 2 aromatic heterocycles. The van der Waals surface area contributed by atoms with Gasteiger partial charge >= 0.3 is 0 Å². The lowest BCUT2D eigenvalue weighted by Gasteiger charge is -2.31. The van der Waals surface area contributed by atoms with Gasteiger partial charge in [-0.25, -0.2) is 0 Å². The summed E-state index contributed by atoms with van der Waals surface area (Å²) in [6, 6.07) is 15.8. The van der Waals surface area contributed by atoms with E-state index in [1.807, 2.05) is 36.4 Å². The molecule has 1 atom stereocenters. The van der Waals surface area contributed by atoms with E-state index in [1.165, 1.54) is 18.9 Å². The van der Waals surface area contributed by atoms with Crippen LogP contribution in [0.3, 0.4) is 0 Å². The topological polar surface area (TPSA) is 87.1 Å². The molecule has 1 unspecified atom stereocenters. The third kappa shape index (κ3) is 4.41. The number of carbonyl (C=O) groups is 1. The first-order valence-electron chi connectivity index (χ1n) is 13.1. The second kappa shape index (κ2) is 10.2. The molecule has 1 aliphatic rings. The third-order valence-electron chi connectivity index (χ3n) is 7.88. The summed E-state index contributed by atoms with van der Waals surface area (Å²) in [6.07, 6.45) is 7.11. The minimum atomic E-state index is -0.225. The lowest BCUT2D eigenvalue weighted by Crippen LogP contribution is -2.29. The van der Waals surface area contributed by atoms with Gasteiger partial charge in [0.05, 0.1) is 11.1 Å². The molecule has 4 aromatic rings. The maximum atomic E-state index is 13.9. The van der Waals surface area contributed by atoms with Gasteiger partial charge in [-0.2, -0.15) is 0 Å². The quantitative estimate of drug-likeness (QED) is 0.302. The normalized spacial score (nSPS) is 15.4. The van der Waals surface area contributed by atoms with Crippen LogP contribution in [0.4, 0.5) is 0 Å². The number of aromatic hydroxyl groups is 1. The number of hydrogen-bond acceptors (Lipinski definition) is 3. The highest BCUT2D eigenvalue weighted by atomic mass is 16.3. The standard InChI is InChI=1S/C30H35N3O3/c1-19(34)31-18-10-15-22-21-13-6-8-16-24(21)32-28(22)26(20-11-4-3-5-12-20)27-29(35)23-14-7-9-17-25(23)33(2)30(27)36/h6-9,13-14,16-17,20,26,32,35H,3-5,10-12,15,18H2,1-2H3,(H,31,34). The Balaban J connectivity index is 1.71. The Bertz CT molecular complexity index is 1460. The summed E-state index contributed by atoms with van der Waals surface area (Å²) in [5.74, 6) is 0.114. The Morgan fingerprint density at radius 2 is 1.78 bits per heavy atom. The van der Waals surface area contributed by atoms with E-state index in [9.17, 15) is 14.7 Å². The van der Waals surface area contributed by atoms with Crippen molar-refractivity contribution in [2.75, 3.05) is 6.54 Å². The number of aromatic nitrogens is 2. The Labute approximate surface area is 211 Å². The van der Waals surface area contributed by atoms with Crippen LogP contribution in [-0.4, -0.2) is 27.1 Å². The molecule has 0 bridgehead atoms. The SMILES string of the molecule is CC(=O)NCCCc1c(C(c2c(O)c3ccccc3n(C)c2=O)C2CCCCC2)[nH]c2ccccc12. The van der Waals surface area contributed by atoms with Gasteiger partial charge in [-0.3, -0.25) is 9.59 Å². The summed E-state index contributed by atoms with van der Waals surface area (Å²) in [4.78, 5) is 29.0. The summed E-state index contributed by atoms with van der Waals surface area (Å²) in [7, 11) is 1.80. The van der Waals surface area contributed by atoms with E-state index in [2.05, 4.69) is 22.4 Å². The van der Waals surface area contributed by atoms with Gasteiger partial charge in [0.15, 0.2) is 0 Å². The number of aryl methyl sites for hydroxylation is 2. The number of rotatable bonds is 7. The van der Waals surface area contributed by atoms with Gasteiger partial charge in [0, 0.05) is 48.4 Å². The lowest BCUT2D eigenvalue weighted by atomic mass is 9.74. The highest BCUT2D eigenvalue weighted by Gasteiger charge is 2.35. The molecule has 6 heteroatoms. The van der Waals surface area contributed by atoms with Crippen LogP contribution in [0.2, 0.25) is 0 Å². The Hall–Kier alpha value is -3.54. The van der Waals surface area contributed by atoms with Crippen molar-refractivity contribution >= 4 is 27.7 Å². The molecular formula is C30H35N3O3. The summed E-state index contributed by atoms with van der Waals surface area (Å²) >= 11 is 0. The Morgan fingerprint density at radius 3 is 2.53 bits per heavy atom. The zero-order valence-electron chi connectivity index (χ0n) is 21.1. The predicted octanol–water partition coefficient (Wildman–Crippen LogP) is 5.51. The number of carbonyl (C=O) groups excluding carboxylic acids is 1. The largest absolute Gasteiger partial charge is 0.507 e. The number of nitrogens with zero attached hydrogens (tertiary/aromatic N) is 1. The molecule has 2 heterocycles. The molecule has 3 N–H and O–H groups in total. The number of para-hydroxylation sites is 2. The number of H-pyrrole nitrogens is 1. The maximum Gasteiger partial charge on any atom is 0.258 e. The van der Waals surface area contributed by atoms with Crippen LogP contribution in [0.25, 0.3) is 21.8 Å². The van der Waals surface area contributed by atoms with Crippen molar-refractivity contribution in [2.45, 2.75) is 57.8 Å². The van der Waals surface area contributed by atoms with Crippen LogP contribution in [-0.2, 0) is 18.3 Å². The summed E-state index contributed by atoms with van der Waals surface area (Å²) in [5, 5.41) is 16.3. The van der Waals surface area contributed by atoms with E-state index in [1.54, 1.807) is 11.6 Å². The number of amides is 1. The molecule has 36 heavy (non-hydrogen) atoms. The summed E-state index contributed by atoms with van der Waals surface area (Å²) in [5.41, 5.74) is 4.36. The zero-order chi connectivity index (χ0) is 25.2. The fourth-order valence-electron chi connectivity index (χ4n) is 6.15. The van der Waals surface area contributed by atoms with E-state index in [4.69, 9.17) is 0 Å². The molecule has 0 radical (unpaired) electrons. The second-order valence-corrected chi connectivity index (χ2v) is 10.2. The van der Waals surface area contributed by atoms with Gasteiger partial charge in [-0.15, -0.1) is 0 Å². The zero-order valence-corrected chi connectivity index (χ0v) is 21.1. The van der Waals surface area contributed by atoms with Crippen LogP contribution in [0.1, 0.15) is 68.2 Å². The fourth-order valence-corrected chi connectivity index (χ4v) is 6.15. The highest BCUT2D eigenvalue weighted by Crippen LogP contribution is 2.45. The van der Waals surface area contributed by atoms with E-state index in [0.717, 1.165) is 60.6 Å². The fraction of sp³-hybridized carbons (Fsp3) is 0.400. The van der Waals surface area contributed by atoms with Crippen LogP contribution in [0.15, 0.2) is 53.3 Å². The van der Waals surface area contributed by atoms with Crippen molar-refractivity contribution in [3.63, 3.8) is 0 Å². The van der Waals surface area contributed by atoms with Crippen LogP contribution < -0.4 is 10.9 Å². The van der Waals surface area contributed by atoms with E-state index >= 15 is 0 Å². The van der Waals surface area contributed by atoms with Crippen molar-refractivity contribution in [3.05, 3.63) is 75.7 Å². The Morgan fingerprint density at radius 1 is 1.08 bits per heavy atom. The van der Waals surface area contributed by atoms with Crippen molar-refractivity contribution in [1.29, 1.82) is 0 Å². The monoisotopic (exact) mass is 485 g/mol. The highest BCUT2D eigenvalue weighted by molar-refractivity contribution is 5.88. The minimum absolute atomic E-state index is 0.0289. The van der Waals surface area contributed by atoms with Crippen LogP contribution in [0.5, 0.6) is 5.75 Å². The number of fused-ring (bicyclic) bond motifs is 2. The molecule has 1 fully saturated rings. The predicted molar refractivity (Wildman–Crippen MR) is 145 cm³/mol. The lowest BCUT2D eigenvalue weighted by molar-refractivity contribution is -0.118. The van der Waals surface area contributed by atoms with E-state index < -0.39 is 0 Å². The molecule has 1 amide bonds. The number of nitrogens with one attached hydrogen (secondary N) is 2. The van der Waals surface area contributed by atoms with Crippen molar-refractivity contribution in [3.8, 4) is 5.75 Å². The number of hydrogen-bond donors (Lipinski definition) is 3. The number of pyridine rings is 1. The van der Waals surface area contributed by atoms with Gasteiger partial charge in [0.2, 0.25) is 5.91 Å². The smallest absolute Gasteiger partial charge is 0.258 e. The first-order valence-corrected chi connectivity index (χ1v) is 13.1. The van der Waals surface area contributed by atoms with Crippen molar-refractivity contribution < 1.29 is 9.90 Å². The molecular weight excluding hydrogens is 450 g/mol. The van der Waals surface area contributed by atoms with Crippen LogP contribution >= 0.6 is 0 Å². The number of aromatic amines is 1. The van der Waals surface area contributed by atoms with Gasteiger partial charge in [0.25, 0.3) is 5.56 Å². The first-order chi connectivity index (χ1) is 17.5. The third-order valence-corrected chi connectivity index (χ3v) is 7.88. The first kappa shape index (κ1) is 24.2. The molecule has 0 spiro atoms. The summed E-state index contributed by atoms with van der Waals surface area (Å²) < 4.78 is 1.68. The minimum Gasteiger partial charge on any atom is -0.507 e. The molecule has 2 aromatic carbocycles. The number of benzene rings is 2. The van der Waals surface area contributed by atoms with Crippen molar-refractivity contribution in [2.24, 2.45) is 13.0 Å². The maximum absolute atomic E-state index is 13.9. The molecule has 0 saturated heterocycles. The van der Waals surface area contributed by atoms with Gasteiger partial charge < -0.3 is 20.0 Å². The van der Waals surface area contributed by atoms with Gasteiger partial charge in [-0.05, 0) is 55.4 Å². The van der Waals surface area contributed by atoms with E-state index in [0.29, 0.717) is 17.5 Å². The van der Waals surface area contributed by atoms with Crippen molar-refractivity contribution in [1.82, 2.24) is 14.9 Å². The molecule has 0 aliphatic heterocycles. The average Bonchev–Trinajstić information content (AvgIpc) is 3.26. The van der Waals surface area contributed by atoms with Gasteiger partial charge in [-0.1, -0.05) is 49.6 Å². The molecule has 5 rings (SSSR count). The van der Waals surface area contributed by atoms with Crippen LogP contribution in [0, 0.1) is 5.92 Å². The molecule has 6 nitrogen and oxygen atoms in total. The Kier molecular flexibility index (Phi) is 6.86. The summed E-state index contributed by atoms with van der Waals surface area (Å²) in [6.45, 7) is 2.14. The second-order valence-electron chi connectivity index (χ2n) is 10.2. The van der Waals surface area contributed by atoms with E-state index in [-0.39, 0.29) is 29.1 Å². The molecule has 188 valence electrons. The molecule has 1 saturated carbocycles. The molecule has 1 aliphatic carbocycles. The average molecular weight is 486 g/mol. The van der Waals surface area contributed by atoms with Gasteiger partial charge in [0.1, 0.15) is 5.75 Å².